The number of aryl methyl sites for hydroxylation is 1. The lowest BCUT2D eigenvalue weighted by molar-refractivity contribution is 0.0595. The number of carbonyl (C=O) groups is 1. The molecular weight excluding hydrogens is 341 g/mol. The molecule has 2 rings (SSSR count). The van der Waals surface area contributed by atoms with Gasteiger partial charge in [0.2, 0.25) is 5.03 Å². The molecule has 0 unspecified atom stereocenters. The number of hydrogen-bond donors (Lipinski definition) is 2. The molecule has 0 amide bonds. The fourth-order valence-corrected chi connectivity index (χ4v) is 3.21. The molecule has 0 aliphatic carbocycles. The SMILES string of the molecule is CCc1[nH]nc(S(=O)(=O)Nc2ccc(OC)cc2F)c1C(=O)OC. The van der Waals surface area contributed by atoms with E-state index in [4.69, 9.17) is 4.74 Å². The summed E-state index contributed by atoms with van der Waals surface area (Å²) in [6, 6.07) is 3.63. The van der Waals surface area contributed by atoms with Gasteiger partial charge in [0.15, 0.2) is 5.82 Å². The normalized spacial score (nSPS) is 11.2. The Hall–Kier alpha value is -2.62. The molecule has 1 heterocycles. The highest BCUT2D eigenvalue weighted by atomic mass is 32.2. The lowest BCUT2D eigenvalue weighted by atomic mass is 10.2. The Morgan fingerprint density at radius 3 is 2.62 bits per heavy atom. The van der Waals surface area contributed by atoms with Crippen molar-refractivity contribution in [3.63, 3.8) is 0 Å². The van der Waals surface area contributed by atoms with Crippen LogP contribution in [0.3, 0.4) is 0 Å². The average molecular weight is 357 g/mol. The number of benzene rings is 1. The Labute approximate surface area is 138 Å². The number of aromatic amines is 1. The van der Waals surface area contributed by atoms with Gasteiger partial charge >= 0.3 is 5.97 Å². The Morgan fingerprint density at radius 2 is 2.08 bits per heavy atom. The van der Waals surface area contributed by atoms with Crippen molar-refractivity contribution in [2.45, 2.75) is 18.4 Å². The van der Waals surface area contributed by atoms with Gasteiger partial charge < -0.3 is 9.47 Å². The standard InChI is InChI=1S/C14H16FN3O5S/c1-4-10-12(14(19)23-3)13(17-16-10)24(20,21)18-11-6-5-8(22-2)7-9(11)15/h5-7,18H,4H2,1-3H3,(H,16,17). The number of esters is 1. The molecule has 0 fully saturated rings. The fraction of sp³-hybridized carbons (Fsp3) is 0.286. The van der Waals surface area contributed by atoms with Crippen LogP contribution in [0.15, 0.2) is 23.2 Å². The second kappa shape index (κ2) is 6.87. The zero-order chi connectivity index (χ0) is 17.9. The van der Waals surface area contributed by atoms with E-state index in [1.54, 1.807) is 6.92 Å². The van der Waals surface area contributed by atoms with Crippen LogP contribution in [0.25, 0.3) is 0 Å². The highest BCUT2D eigenvalue weighted by Gasteiger charge is 2.30. The Morgan fingerprint density at radius 1 is 1.38 bits per heavy atom. The number of rotatable bonds is 6. The number of halogens is 1. The van der Waals surface area contributed by atoms with Gasteiger partial charge in [-0.05, 0) is 18.6 Å². The summed E-state index contributed by atoms with van der Waals surface area (Å²) in [6.07, 6.45) is 0.337. The predicted octanol–water partition coefficient (Wildman–Crippen LogP) is 1.71. The number of sulfonamides is 1. The van der Waals surface area contributed by atoms with E-state index < -0.39 is 26.8 Å². The van der Waals surface area contributed by atoms with Crippen molar-refractivity contribution in [2.24, 2.45) is 0 Å². The number of ether oxygens (including phenoxy) is 2. The molecule has 8 nitrogen and oxygen atoms in total. The minimum absolute atomic E-state index is 0.207. The smallest absolute Gasteiger partial charge is 0.342 e. The molecule has 1 aromatic heterocycles. The molecule has 0 aliphatic rings. The van der Waals surface area contributed by atoms with Crippen LogP contribution in [-0.4, -0.2) is 38.8 Å². The van der Waals surface area contributed by atoms with Crippen molar-refractivity contribution < 1.29 is 27.1 Å². The number of H-pyrrole nitrogens is 1. The molecule has 0 aliphatic heterocycles. The van der Waals surface area contributed by atoms with Crippen molar-refractivity contribution >= 4 is 21.7 Å². The van der Waals surface area contributed by atoms with Crippen LogP contribution in [0.2, 0.25) is 0 Å². The third-order valence-electron chi connectivity index (χ3n) is 3.23. The van der Waals surface area contributed by atoms with E-state index in [0.29, 0.717) is 12.1 Å². The van der Waals surface area contributed by atoms with E-state index in [-0.39, 0.29) is 17.0 Å². The molecule has 2 N–H and O–H groups in total. The molecule has 130 valence electrons. The Bertz CT molecular complexity index is 863. The summed E-state index contributed by atoms with van der Waals surface area (Å²) < 4.78 is 50.4. The quantitative estimate of drug-likeness (QED) is 0.762. The molecule has 1 aromatic carbocycles. The van der Waals surface area contributed by atoms with Gasteiger partial charge in [0.1, 0.15) is 11.3 Å². The fourth-order valence-electron chi connectivity index (χ4n) is 2.02. The average Bonchev–Trinajstić information content (AvgIpc) is 3.00. The van der Waals surface area contributed by atoms with Gasteiger partial charge in [0.25, 0.3) is 10.0 Å². The molecule has 0 bridgehead atoms. The Kier molecular flexibility index (Phi) is 5.07. The molecule has 2 aromatic rings. The molecule has 0 atom stereocenters. The monoisotopic (exact) mass is 357 g/mol. The first-order valence-corrected chi connectivity index (χ1v) is 8.34. The highest BCUT2D eigenvalue weighted by Crippen LogP contribution is 2.25. The number of methoxy groups -OCH3 is 2. The number of carbonyl (C=O) groups excluding carboxylic acids is 1. The van der Waals surface area contributed by atoms with Crippen molar-refractivity contribution in [1.82, 2.24) is 10.2 Å². The van der Waals surface area contributed by atoms with Gasteiger partial charge in [0, 0.05) is 6.07 Å². The van der Waals surface area contributed by atoms with Gasteiger partial charge in [-0.2, -0.15) is 13.5 Å². The zero-order valence-electron chi connectivity index (χ0n) is 13.2. The third kappa shape index (κ3) is 3.32. The number of nitrogens with zero attached hydrogens (tertiary/aromatic N) is 1. The number of nitrogens with one attached hydrogen (secondary N) is 2. The zero-order valence-corrected chi connectivity index (χ0v) is 14.0. The molecular formula is C14H16FN3O5S. The topological polar surface area (TPSA) is 110 Å². The van der Waals surface area contributed by atoms with Crippen LogP contribution in [0.5, 0.6) is 5.75 Å². The highest BCUT2D eigenvalue weighted by molar-refractivity contribution is 7.92. The maximum absolute atomic E-state index is 14.0. The van der Waals surface area contributed by atoms with Gasteiger partial charge in [-0.15, -0.1) is 0 Å². The second-order valence-electron chi connectivity index (χ2n) is 4.68. The van der Waals surface area contributed by atoms with E-state index in [0.717, 1.165) is 13.2 Å². The van der Waals surface area contributed by atoms with E-state index in [1.807, 2.05) is 0 Å². The maximum Gasteiger partial charge on any atom is 0.342 e. The van der Waals surface area contributed by atoms with Gasteiger partial charge in [-0.3, -0.25) is 9.82 Å². The maximum atomic E-state index is 14.0. The van der Waals surface area contributed by atoms with Gasteiger partial charge in [-0.1, -0.05) is 6.92 Å². The van der Waals surface area contributed by atoms with Crippen molar-refractivity contribution in [1.29, 1.82) is 0 Å². The van der Waals surface area contributed by atoms with E-state index in [1.165, 1.54) is 19.2 Å². The minimum atomic E-state index is -4.30. The van der Waals surface area contributed by atoms with Gasteiger partial charge in [-0.25, -0.2) is 9.18 Å². The van der Waals surface area contributed by atoms with Crippen LogP contribution in [0.1, 0.15) is 23.0 Å². The summed E-state index contributed by atoms with van der Waals surface area (Å²) in [5, 5.41) is 5.59. The first-order valence-electron chi connectivity index (χ1n) is 6.86. The first kappa shape index (κ1) is 17.7. The van der Waals surface area contributed by atoms with Crippen LogP contribution in [0.4, 0.5) is 10.1 Å². The number of hydrogen-bond acceptors (Lipinski definition) is 6. The van der Waals surface area contributed by atoms with E-state index >= 15 is 0 Å². The third-order valence-corrected chi connectivity index (χ3v) is 4.52. The summed E-state index contributed by atoms with van der Waals surface area (Å²) in [6.45, 7) is 1.72. The van der Waals surface area contributed by atoms with Crippen molar-refractivity contribution in [3.05, 3.63) is 35.3 Å². The van der Waals surface area contributed by atoms with E-state index in [9.17, 15) is 17.6 Å². The largest absolute Gasteiger partial charge is 0.497 e. The molecule has 0 saturated carbocycles. The van der Waals surface area contributed by atoms with Crippen molar-refractivity contribution in [3.8, 4) is 5.75 Å². The molecule has 0 saturated heterocycles. The Balaban J connectivity index is 2.45. The summed E-state index contributed by atoms with van der Waals surface area (Å²) in [5.74, 6) is -1.45. The summed E-state index contributed by atoms with van der Waals surface area (Å²) >= 11 is 0. The minimum Gasteiger partial charge on any atom is -0.497 e. The van der Waals surface area contributed by atoms with Crippen LogP contribution in [0, 0.1) is 5.82 Å². The molecule has 24 heavy (non-hydrogen) atoms. The first-order chi connectivity index (χ1) is 11.3. The van der Waals surface area contributed by atoms with Crippen LogP contribution < -0.4 is 9.46 Å². The predicted molar refractivity (Wildman–Crippen MR) is 83.1 cm³/mol. The van der Waals surface area contributed by atoms with Crippen LogP contribution in [-0.2, 0) is 21.2 Å². The van der Waals surface area contributed by atoms with E-state index in [2.05, 4.69) is 19.7 Å². The number of anilines is 1. The number of aromatic nitrogens is 2. The summed E-state index contributed by atoms with van der Waals surface area (Å²) in [5.41, 5.74) is -0.202. The lowest BCUT2D eigenvalue weighted by Gasteiger charge is -2.09. The molecule has 0 spiro atoms. The molecule has 0 radical (unpaired) electrons. The summed E-state index contributed by atoms with van der Waals surface area (Å²) in [4.78, 5) is 11.9. The lowest BCUT2D eigenvalue weighted by Crippen LogP contribution is -2.18. The van der Waals surface area contributed by atoms with Crippen LogP contribution >= 0.6 is 0 Å². The summed E-state index contributed by atoms with van der Waals surface area (Å²) in [7, 11) is -1.82. The molecule has 10 heteroatoms. The second-order valence-corrected chi connectivity index (χ2v) is 6.28. The van der Waals surface area contributed by atoms with Gasteiger partial charge in [0.05, 0.1) is 25.6 Å². The van der Waals surface area contributed by atoms with Crippen molar-refractivity contribution in [2.75, 3.05) is 18.9 Å².